The second kappa shape index (κ2) is 9.47. The molecule has 0 aliphatic carbocycles. The summed E-state index contributed by atoms with van der Waals surface area (Å²) >= 11 is 0. The number of pyridine rings is 1. The van der Waals surface area contributed by atoms with Crippen LogP contribution < -0.4 is 4.74 Å². The summed E-state index contributed by atoms with van der Waals surface area (Å²) in [5.74, 6) is -6.40. The Morgan fingerprint density at radius 1 is 1.06 bits per heavy atom. The smallest absolute Gasteiger partial charge is 0.323 e. The van der Waals surface area contributed by atoms with E-state index in [0.29, 0.717) is 16.4 Å². The van der Waals surface area contributed by atoms with Crippen LogP contribution in [0.2, 0.25) is 0 Å². The van der Waals surface area contributed by atoms with Gasteiger partial charge in [0.15, 0.2) is 11.9 Å². The zero-order valence-corrected chi connectivity index (χ0v) is 17.8. The first-order valence-electron chi connectivity index (χ1n) is 10.1. The van der Waals surface area contributed by atoms with Gasteiger partial charge in [0.1, 0.15) is 36.2 Å². The van der Waals surface area contributed by atoms with Gasteiger partial charge < -0.3 is 9.84 Å². The van der Waals surface area contributed by atoms with Crippen LogP contribution >= 0.6 is 0 Å². The van der Waals surface area contributed by atoms with Crippen molar-refractivity contribution in [2.75, 3.05) is 0 Å². The molecule has 0 fully saturated rings. The lowest BCUT2D eigenvalue weighted by atomic mass is 9.84. The van der Waals surface area contributed by atoms with Crippen molar-refractivity contribution in [3.8, 4) is 11.8 Å². The Morgan fingerprint density at radius 2 is 1.83 bits per heavy atom. The second-order valence-electron chi connectivity index (χ2n) is 7.50. The fourth-order valence-corrected chi connectivity index (χ4v) is 3.35. The van der Waals surface area contributed by atoms with E-state index in [1.807, 2.05) is 6.07 Å². The molecular formula is C23H16F4N6O2. The van der Waals surface area contributed by atoms with Gasteiger partial charge in [-0.1, -0.05) is 12.1 Å². The fourth-order valence-electron chi connectivity index (χ4n) is 3.35. The third kappa shape index (κ3) is 4.80. The van der Waals surface area contributed by atoms with Gasteiger partial charge in [-0.2, -0.15) is 18.8 Å². The van der Waals surface area contributed by atoms with Gasteiger partial charge in [-0.05, 0) is 47.2 Å². The van der Waals surface area contributed by atoms with Gasteiger partial charge in [0.05, 0.1) is 17.8 Å². The van der Waals surface area contributed by atoms with Crippen LogP contribution in [0.3, 0.4) is 0 Å². The minimum absolute atomic E-state index is 0.0891. The van der Waals surface area contributed by atoms with E-state index >= 15 is 8.78 Å². The lowest BCUT2D eigenvalue weighted by Crippen LogP contribution is -2.48. The van der Waals surface area contributed by atoms with Gasteiger partial charge >= 0.3 is 5.92 Å². The Kier molecular flexibility index (Phi) is 6.44. The molecular weight excluding hydrogens is 468 g/mol. The van der Waals surface area contributed by atoms with Crippen LogP contribution in [-0.4, -0.2) is 30.3 Å². The quantitative estimate of drug-likeness (QED) is 0.382. The molecule has 2 aromatic carbocycles. The summed E-state index contributed by atoms with van der Waals surface area (Å²) in [5.41, 5.74) is -3.80. The largest absolute Gasteiger partial charge is 0.487 e. The molecule has 0 bridgehead atoms. The number of ether oxygens (including phenoxy) is 1. The molecule has 12 heteroatoms. The number of hydrogen-bond acceptors (Lipinski definition) is 7. The Bertz CT molecular complexity index is 1340. The molecule has 0 radical (unpaired) electrons. The van der Waals surface area contributed by atoms with Crippen LogP contribution in [0.4, 0.5) is 17.6 Å². The van der Waals surface area contributed by atoms with Gasteiger partial charge in [0, 0.05) is 11.6 Å². The number of halogens is 4. The van der Waals surface area contributed by atoms with Crippen molar-refractivity contribution in [3.63, 3.8) is 0 Å². The van der Waals surface area contributed by atoms with E-state index in [4.69, 9.17) is 10.00 Å². The van der Waals surface area contributed by atoms with Crippen molar-refractivity contribution in [1.29, 1.82) is 5.26 Å². The number of aliphatic hydroxyl groups is 1. The van der Waals surface area contributed by atoms with Gasteiger partial charge in [0.25, 0.3) is 0 Å². The van der Waals surface area contributed by atoms with Gasteiger partial charge in [-0.15, -0.1) is 10.2 Å². The minimum Gasteiger partial charge on any atom is -0.487 e. The molecule has 0 aliphatic rings. The maximum atomic E-state index is 15.7. The van der Waals surface area contributed by atoms with Crippen molar-refractivity contribution in [1.82, 2.24) is 25.2 Å². The van der Waals surface area contributed by atoms with Crippen LogP contribution in [0.5, 0.6) is 5.75 Å². The molecule has 1 unspecified atom stereocenters. The molecule has 4 aromatic rings. The highest BCUT2D eigenvalue weighted by Gasteiger charge is 2.58. The van der Waals surface area contributed by atoms with Gasteiger partial charge in [-0.25, -0.2) is 8.78 Å². The molecule has 0 spiro atoms. The molecule has 2 aromatic heterocycles. The summed E-state index contributed by atoms with van der Waals surface area (Å²) in [7, 11) is 0. The zero-order chi connectivity index (χ0) is 25.1. The van der Waals surface area contributed by atoms with Crippen LogP contribution in [0.1, 0.15) is 22.4 Å². The number of alkyl halides is 2. The number of rotatable bonds is 8. The average molecular weight is 484 g/mol. The standard InChI is InChI=1S/C23H16F4N6O2/c24-17-5-7-19(20(25)9-17)22(34,13-33-31-14-30-32-33)23(26,27)21-8-6-18(11-29-21)35-12-16-3-1-15(10-28)2-4-16/h1-9,11,14,34H,12-13H2. The first kappa shape index (κ1) is 23.8. The normalized spacial score (nSPS) is 13.1. The van der Waals surface area contributed by atoms with E-state index in [1.54, 1.807) is 24.3 Å². The molecule has 0 saturated heterocycles. The number of nitriles is 1. The molecule has 35 heavy (non-hydrogen) atoms. The maximum absolute atomic E-state index is 15.7. The van der Waals surface area contributed by atoms with Crippen molar-refractivity contribution in [3.05, 3.63) is 101 Å². The Labute approximate surface area is 196 Å². The van der Waals surface area contributed by atoms with Crippen LogP contribution in [-0.2, 0) is 24.7 Å². The molecule has 0 amide bonds. The van der Waals surface area contributed by atoms with E-state index in [9.17, 15) is 13.9 Å². The van der Waals surface area contributed by atoms with Crippen LogP contribution in [0.15, 0.2) is 67.1 Å². The van der Waals surface area contributed by atoms with E-state index in [0.717, 1.165) is 36.3 Å². The summed E-state index contributed by atoms with van der Waals surface area (Å²) in [5, 5.41) is 30.5. The monoisotopic (exact) mass is 484 g/mol. The van der Waals surface area contributed by atoms with Crippen molar-refractivity contribution in [2.45, 2.75) is 24.7 Å². The number of aromatic nitrogens is 5. The Morgan fingerprint density at radius 3 is 2.43 bits per heavy atom. The SMILES string of the molecule is N#Cc1ccc(COc2ccc(C(F)(F)C(O)(Cn3ncnn3)c3ccc(F)cc3F)nc2)cc1. The Balaban J connectivity index is 1.61. The lowest BCUT2D eigenvalue weighted by Gasteiger charge is -2.35. The summed E-state index contributed by atoms with van der Waals surface area (Å²) in [4.78, 5) is 4.38. The van der Waals surface area contributed by atoms with E-state index in [-0.39, 0.29) is 12.4 Å². The minimum atomic E-state index is -4.18. The highest BCUT2D eigenvalue weighted by Crippen LogP contribution is 2.46. The van der Waals surface area contributed by atoms with E-state index < -0.39 is 41.0 Å². The molecule has 0 aliphatic heterocycles. The molecule has 1 N–H and O–H groups in total. The average Bonchev–Trinajstić information content (AvgIpc) is 3.36. The highest BCUT2D eigenvalue weighted by atomic mass is 19.3. The topological polar surface area (TPSA) is 110 Å². The summed E-state index contributed by atoms with van der Waals surface area (Å²) < 4.78 is 64.9. The molecule has 0 saturated carbocycles. The van der Waals surface area contributed by atoms with Crippen molar-refractivity contribution in [2.24, 2.45) is 0 Å². The summed E-state index contributed by atoms with van der Waals surface area (Å²) in [6.45, 7) is -0.910. The maximum Gasteiger partial charge on any atom is 0.323 e. The van der Waals surface area contributed by atoms with Crippen molar-refractivity contribution >= 4 is 0 Å². The molecule has 4 rings (SSSR count). The third-order valence-electron chi connectivity index (χ3n) is 5.20. The van der Waals surface area contributed by atoms with Gasteiger partial charge in [-0.3, -0.25) is 4.98 Å². The molecule has 2 heterocycles. The first-order chi connectivity index (χ1) is 16.7. The molecule has 178 valence electrons. The number of hydrogen-bond donors (Lipinski definition) is 1. The zero-order valence-electron chi connectivity index (χ0n) is 17.8. The Hall–Kier alpha value is -4.37. The summed E-state index contributed by atoms with van der Waals surface area (Å²) in [6.07, 6.45) is 1.99. The highest BCUT2D eigenvalue weighted by molar-refractivity contribution is 5.33. The number of tetrazole rings is 1. The van der Waals surface area contributed by atoms with E-state index in [2.05, 4.69) is 20.4 Å². The predicted molar refractivity (Wildman–Crippen MR) is 112 cm³/mol. The van der Waals surface area contributed by atoms with Crippen molar-refractivity contribution < 1.29 is 27.4 Å². The number of nitrogens with zero attached hydrogens (tertiary/aromatic N) is 6. The summed E-state index contributed by atoms with van der Waals surface area (Å²) in [6, 6.07) is 12.6. The number of benzene rings is 2. The molecule has 8 nitrogen and oxygen atoms in total. The van der Waals surface area contributed by atoms with Crippen LogP contribution in [0, 0.1) is 23.0 Å². The van der Waals surface area contributed by atoms with E-state index in [1.165, 1.54) is 6.07 Å². The third-order valence-corrected chi connectivity index (χ3v) is 5.20. The molecule has 1 atom stereocenters. The van der Waals surface area contributed by atoms with Crippen LogP contribution in [0.25, 0.3) is 0 Å². The first-order valence-corrected chi connectivity index (χ1v) is 10.1. The fraction of sp³-hybridized carbons (Fsp3) is 0.174. The van der Waals surface area contributed by atoms with Gasteiger partial charge in [0.2, 0.25) is 0 Å². The predicted octanol–water partition coefficient (Wildman–Crippen LogP) is 3.48. The lowest BCUT2D eigenvalue weighted by molar-refractivity contribution is -0.209. The second-order valence-corrected chi connectivity index (χ2v) is 7.50.